The Labute approximate surface area is 118 Å². The molecule has 0 aliphatic rings. The highest BCUT2D eigenvalue weighted by Gasteiger charge is 2.16. The molecule has 0 saturated heterocycles. The molecule has 0 amide bonds. The van der Waals surface area contributed by atoms with Gasteiger partial charge in [0.25, 0.3) is 10.0 Å². The van der Waals surface area contributed by atoms with Crippen molar-refractivity contribution < 1.29 is 12.8 Å². The standard InChI is InChI=1S/C15H16FNO2S/c1-3-12-5-7-13(8-6-12)20(18,19)17-15-10-11(2)4-9-14(15)16/h4-10,17H,3H2,1-2H3. The van der Waals surface area contributed by atoms with E-state index in [0.29, 0.717) is 0 Å². The van der Waals surface area contributed by atoms with Crippen LogP contribution in [0.5, 0.6) is 0 Å². The molecule has 2 aromatic carbocycles. The van der Waals surface area contributed by atoms with Gasteiger partial charge in [-0.1, -0.05) is 25.1 Å². The monoisotopic (exact) mass is 293 g/mol. The van der Waals surface area contributed by atoms with Gasteiger partial charge in [-0.2, -0.15) is 0 Å². The van der Waals surface area contributed by atoms with Gasteiger partial charge in [-0.05, 0) is 48.7 Å². The molecular weight excluding hydrogens is 277 g/mol. The van der Waals surface area contributed by atoms with Crippen molar-refractivity contribution in [2.75, 3.05) is 4.72 Å². The molecule has 0 unspecified atom stereocenters. The van der Waals surface area contributed by atoms with Gasteiger partial charge in [0.1, 0.15) is 5.82 Å². The van der Waals surface area contributed by atoms with E-state index in [1.807, 2.05) is 6.92 Å². The van der Waals surface area contributed by atoms with Gasteiger partial charge in [0.15, 0.2) is 0 Å². The van der Waals surface area contributed by atoms with E-state index in [0.717, 1.165) is 17.5 Å². The zero-order valence-corrected chi connectivity index (χ0v) is 12.2. The van der Waals surface area contributed by atoms with Crippen molar-refractivity contribution in [3.63, 3.8) is 0 Å². The van der Waals surface area contributed by atoms with Crippen LogP contribution in [0.3, 0.4) is 0 Å². The van der Waals surface area contributed by atoms with Crippen LogP contribution in [0.25, 0.3) is 0 Å². The molecular formula is C15H16FNO2S. The second-order valence-corrected chi connectivity index (χ2v) is 6.27. The van der Waals surface area contributed by atoms with Gasteiger partial charge in [-0.15, -0.1) is 0 Å². The Balaban J connectivity index is 2.32. The van der Waals surface area contributed by atoms with Crippen LogP contribution in [0.2, 0.25) is 0 Å². The molecule has 2 aromatic rings. The average Bonchev–Trinajstić information content (AvgIpc) is 2.43. The Morgan fingerprint density at radius 2 is 1.75 bits per heavy atom. The third kappa shape index (κ3) is 3.17. The van der Waals surface area contributed by atoms with Crippen molar-refractivity contribution in [2.24, 2.45) is 0 Å². The van der Waals surface area contributed by atoms with E-state index in [9.17, 15) is 12.8 Å². The molecule has 0 spiro atoms. The van der Waals surface area contributed by atoms with E-state index in [4.69, 9.17) is 0 Å². The number of anilines is 1. The third-order valence-corrected chi connectivity index (χ3v) is 4.39. The van der Waals surface area contributed by atoms with Crippen LogP contribution in [-0.2, 0) is 16.4 Å². The molecule has 3 nitrogen and oxygen atoms in total. The predicted molar refractivity (Wildman–Crippen MR) is 77.8 cm³/mol. The van der Waals surface area contributed by atoms with Gasteiger partial charge in [0.05, 0.1) is 10.6 Å². The molecule has 5 heteroatoms. The highest BCUT2D eigenvalue weighted by Crippen LogP contribution is 2.20. The lowest BCUT2D eigenvalue weighted by molar-refractivity contribution is 0.598. The van der Waals surface area contributed by atoms with E-state index < -0.39 is 15.8 Å². The highest BCUT2D eigenvalue weighted by atomic mass is 32.2. The molecule has 0 fully saturated rings. The first-order chi connectivity index (χ1) is 9.42. The Kier molecular flexibility index (Phi) is 4.09. The Hall–Kier alpha value is -1.88. The molecule has 0 atom stereocenters. The third-order valence-electron chi connectivity index (χ3n) is 3.01. The number of hydrogen-bond donors (Lipinski definition) is 1. The normalized spacial score (nSPS) is 11.3. The highest BCUT2D eigenvalue weighted by molar-refractivity contribution is 7.92. The van der Waals surface area contributed by atoms with Crippen LogP contribution in [0.4, 0.5) is 10.1 Å². The van der Waals surface area contributed by atoms with E-state index in [1.165, 1.54) is 24.3 Å². The minimum Gasteiger partial charge on any atom is -0.277 e. The van der Waals surface area contributed by atoms with Crippen LogP contribution in [-0.4, -0.2) is 8.42 Å². The maximum atomic E-state index is 13.6. The molecule has 0 heterocycles. The topological polar surface area (TPSA) is 46.2 Å². The predicted octanol–water partition coefficient (Wildman–Crippen LogP) is 3.50. The van der Waals surface area contributed by atoms with E-state index in [2.05, 4.69) is 4.72 Å². The molecule has 0 radical (unpaired) electrons. The lowest BCUT2D eigenvalue weighted by Gasteiger charge is -2.10. The number of nitrogens with one attached hydrogen (secondary N) is 1. The van der Waals surface area contributed by atoms with Crippen LogP contribution in [0.1, 0.15) is 18.1 Å². The maximum absolute atomic E-state index is 13.6. The second kappa shape index (κ2) is 5.63. The first-order valence-electron chi connectivity index (χ1n) is 6.30. The fourth-order valence-corrected chi connectivity index (χ4v) is 2.88. The number of halogens is 1. The summed E-state index contributed by atoms with van der Waals surface area (Å²) in [5, 5.41) is 0. The minimum atomic E-state index is -3.77. The minimum absolute atomic E-state index is 0.0374. The van der Waals surface area contributed by atoms with Crippen LogP contribution < -0.4 is 4.72 Å². The quantitative estimate of drug-likeness (QED) is 0.938. The number of benzene rings is 2. The summed E-state index contributed by atoms with van der Waals surface area (Å²) in [7, 11) is -3.77. The molecule has 2 rings (SSSR count). The number of rotatable bonds is 4. The maximum Gasteiger partial charge on any atom is 0.261 e. The lowest BCUT2D eigenvalue weighted by atomic mass is 10.2. The molecule has 0 bridgehead atoms. The largest absolute Gasteiger partial charge is 0.277 e. The summed E-state index contributed by atoms with van der Waals surface area (Å²) >= 11 is 0. The van der Waals surface area contributed by atoms with E-state index in [1.54, 1.807) is 25.1 Å². The van der Waals surface area contributed by atoms with Crippen molar-refractivity contribution in [1.29, 1.82) is 0 Å². The Morgan fingerprint density at radius 1 is 1.10 bits per heavy atom. The van der Waals surface area contributed by atoms with Crippen molar-refractivity contribution in [1.82, 2.24) is 0 Å². The lowest BCUT2D eigenvalue weighted by Crippen LogP contribution is -2.14. The molecule has 0 aliphatic heterocycles. The second-order valence-electron chi connectivity index (χ2n) is 4.59. The van der Waals surface area contributed by atoms with Gasteiger partial charge in [-0.3, -0.25) is 4.72 Å². The first-order valence-corrected chi connectivity index (χ1v) is 7.78. The molecule has 106 valence electrons. The van der Waals surface area contributed by atoms with E-state index >= 15 is 0 Å². The molecule has 0 saturated carbocycles. The molecule has 1 N–H and O–H groups in total. The summed E-state index contributed by atoms with van der Waals surface area (Å²) in [6.45, 7) is 3.76. The van der Waals surface area contributed by atoms with Crippen molar-refractivity contribution in [2.45, 2.75) is 25.2 Å². The van der Waals surface area contributed by atoms with E-state index in [-0.39, 0.29) is 10.6 Å². The Morgan fingerprint density at radius 3 is 2.35 bits per heavy atom. The number of sulfonamides is 1. The first kappa shape index (κ1) is 14.5. The summed E-state index contributed by atoms with van der Waals surface area (Å²) in [4.78, 5) is 0.121. The smallest absolute Gasteiger partial charge is 0.261 e. The SMILES string of the molecule is CCc1ccc(S(=O)(=O)Nc2cc(C)ccc2F)cc1. The van der Waals surface area contributed by atoms with Gasteiger partial charge in [0, 0.05) is 0 Å². The average molecular weight is 293 g/mol. The van der Waals surface area contributed by atoms with Gasteiger partial charge in [0.2, 0.25) is 0 Å². The van der Waals surface area contributed by atoms with Crippen LogP contribution >= 0.6 is 0 Å². The van der Waals surface area contributed by atoms with Crippen molar-refractivity contribution in [3.05, 3.63) is 59.4 Å². The van der Waals surface area contributed by atoms with Crippen molar-refractivity contribution >= 4 is 15.7 Å². The van der Waals surface area contributed by atoms with Gasteiger partial charge in [-0.25, -0.2) is 12.8 Å². The molecule has 20 heavy (non-hydrogen) atoms. The fraction of sp³-hybridized carbons (Fsp3) is 0.200. The Bertz CT molecular complexity index is 709. The van der Waals surface area contributed by atoms with Crippen molar-refractivity contribution in [3.8, 4) is 0 Å². The van der Waals surface area contributed by atoms with Crippen LogP contribution in [0, 0.1) is 12.7 Å². The summed E-state index contributed by atoms with van der Waals surface area (Å²) in [6, 6.07) is 10.8. The fourth-order valence-electron chi connectivity index (χ4n) is 1.83. The number of aryl methyl sites for hydroxylation is 2. The number of hydrogen-bond acceptors (Lipinski definition) is 2. The molecule has 0 aromatic heterocycles. The summed E-state index contributed by atoms with van der Waals surface area (Å²) < 4.78 is 40.3. The summed E-state index contributed by atoms with van der Waals surface area (Å²) in [6.07, 6.45) is 0.834. The van der Waals surface area contributed by atoms with Gasteiger partial charge < -0.3 is 0 Å². The van der Waals surface area contributed by atoms with Crippen LogP contribution in [0.15, 0.2) is 47.4 Å². The molecule has 0 aliphatic carbocycles. The summed E-state index contributed by atoms with van der Waals surface area (Å²) in [5.41, 5.74) is 1.79. The zero-order chi connectivity index (χ0) is 14.8. The zero-order valence-electron chi connectivity index (χ0n) is 11.4. The van der Waals surface area contributed by atoms with Gasteiger partial charge >= 0.3 is 0 Å². The summed E-state index contributed by atoms with van der Waals surface area (Å²) in [5.74, 6) is -0.593.